The van der Waals surface area contributed by atoms with Gasteiger partial charge in [0, 0.05) is 17.3 Å². The predicted molar refractivity (Wildman–Crippen MR) is 90.0 cm³/mol. The van der Waals surface area contributed by atoms with Crippen molar-refractivity contribution >= 4 is 23.4 Å². The zero-order chi connectivity index (χ0) is 17.6. The van der Waals surface area contributed by atoms with Crippen LogP contribution in [0.2, 0.25) is 0 Å². The van der Waals surface area contributed by atoms with Crippen molar-refractivity contribution < 1.29 is 19.8 Å². The third kappa shape index (κ3) is 5.93. The normalized spacial score (nSPS) is 9.83. The second-order valence-corrected chi connectivity index (χ2v) is 4.30. The third-order valence-electron chi connectivity index (χ3n) is 2.79. The molecule has 2 rings (SSSR count). The molecule has 0 aromatic heterocycles. The van der Waals surface area contributed by atoms with Crippen molar-refractivity contribution in [3.8, 4) is 0 Å². The van der Waals surface area contributed by atoms with Crippen molar-refractivity contribution in [1.29, 1.82) is 0 Å². The van der Waals surface area contributed by atoms with Crippen molar-refractivity contribution in [2.75, 3.05) is 13.2 Å². The maximum atomic E-state index is 10.5. The van der Waals surface area contributed by atoms with Crippen LogP contribution >= 0.6 is 0 Å². The minimum absolute atomic E-state index is 0.125. The number of para-hydroxylation sites is 1. The highest BCUT2D eigenvalue weighted by Gasteiger charge is 2.09. The Morgan fingerprint density at radius 1 is 0.917 bits per heavy atom. The summed E-state index contributed by atoms with van der Waals surface area (Å²) in [5, 5.41) is 15.2. The average Bonchev–Trinajstić information content (AvgIpc) is 2.64. The Morgan fingerprint density at radius 3 is 2.12 bits per heavy atom. The first kappa shape index (κ1) is 18.9. The molecule has 0 unspecified atom stereocenters. The van der Waals surface area contributed by atoms with E-state index >= 15 is 0 Å². The van der Waals surface area contributed by atoms with E-state index in [4.69, 9.17) is 10.2 Å². The lowest BCUT2D eigenvalue weighted by Gasteiger charge is -2.09. The quantitative estimate of drug-likeness (QED) is 0.651. The van der Waals surface area contributed by atoms with Crippen LogP contribution in [0.25, 0.3) is 5.57 Å². The monoisotopic (exact) mass is 324 g/mol. The van der Waals surface area contributed by atoms with Gasteiger partial charge in [0.15, 0.2) is 0 Å². The van der Waals surface area contributed by atoms with Crippen molar-refractivity contribution in [1.82, 2.24) is 0 Å². The number of nitrogens with zero attached hydrogens (tertiary/aromatic N) is 2. The molecule has 6 nitrogen and oxygen atoms in total. The minimum atomic E-state index is -0.125. The van der Waals surface area contributed by atoms with Gasteiger partial charge >= 0.3 is 0 Å². The predicted octanol–water partition coefficient (Wildman–Crippen LogP) is 2.35. The first-order valence-corrected chi connectivity index (χ1v) is 7.00. The molecule has 2 N–H and O–H groups in total. The molecule has 0 aliphatic heterocycles. The topological polar surface area (TPSA) is 99.3 Å². The molecule has 0 heterocycles. The van der Waals surface area contributed by atoms with Gasteiger partial charge in [-0.15, -0.1) is 0 Å². The number of aliphatic imine (C=N–C) groups is 2. The summed E-state index contributed by atoms with van der Waals surface area (Å²) in [6, 6.07) is 16.5. The van der Waals surface area contributed by atoms with Gasteiger partial charge in [0.2, 0.25) is 12.2 Å². The Morgan fingerprint density at radius 2 is 1.54 bits per heavy atom. The molecule has 0 atom stereocenters. The molecule has 0 amide bonds. The van der Waals surface area contributed by atoms with Crippen molar-refractivity contribution in [3.63, 3.8) is 0 Å². The van der Waals surface area contributed by atoms with Crippen molar-refractivity contribution in [3.05, 3.63) is 71.9 Å². The fourth-order valence-electron chi connectivity index (χ4n) is 1.86. The summed E-state index contributed by atoms with van der Waals surface area (Å²) < 4.78 is 0. The molecule has 2 aromatic carbocycles. The Hall–Kier alpha value is -3.14. The number of carbonyl (C=O) groups excluding carboxylic acids is 2. The van der Waals surface area contributed by atoms with Gasteiger partial charge in [-0.25, -0.2) is 9.59 Å². The number of aliphatic hydroxyl groups excluding tert-OH is 2. The van der Waals surface area contributed by atoms with Gasteiger partial charge in [0.25, 0.3) is 0 Å². The Balaban J connectivity index is 0.000000648. The van der Waals surface area contributed by atoms with E-state index in [2.05, 4.69) is 9.98 Å². The molecule has 0 bridgehead atoms. The van der Waals surface area contributed by atoms with E-state index < -0.39 is 0 Å². The molecule has 0 aliphatic rings. The molecule has 0 fully saturated rings. The van der Waals surface area contributed by atoms with Crippen LogP contribution < -0.4 is 0 Å². The van der Waals surface area contributed by atoms with Gasteiger partial charge in [0.1, 0.15) is 0 Å². The summed E-state index contributed by atoms with van der Waals surface area (Å²) in [7, 11) is 0. The molecule has 0 saturated carbocycles. The van der Waals surface area contributed by atoms with E-state index in [9.17, 15) is 9.59 Å². The number of isocyanates is 2. The number of hydrogen-bond acceptors (Lipinski definition) is 6. The summed E-state index contributed by atoms with van der Waals surface area (Å²) >= 11 is 0. The highest BCUT2D eigenvalue weighted by molar-refractivity contribution is 5.85. The highest BCUT2D eigenvalue weighted by Crippen LogP contribution is 2.30. The van der Waals surface area contributed by atoms with Crippen molar-refractivity contribution in [2.45, 2.75) is 0 Å². The standard InChI is InChI=1S/C16H10N2O2.C2H6O2/c19-11-17-10-15(13-6-2-1-3-7-13)14-8-4-5-9-16(14)18-12-20;3-1-2-4/h1-10H;3-4H,1-2H2. The van der Waals surface area contributed by atoms with E-state index in [1.54, 1.807) is 18.2 Å². The lowest BCUT2D eigenvalue weighted by molar-refractivity contribution is 0.186. The molecule has 6 heteroatoms. The van der Waals surface area contributed by atoms with Crippen LogP contribution in [0.15, 0.2) is 70.8 Å². The fraction of sp³-hybridized carbons (Fsp3) is 0.111. The Bertz CT molecular complexity index is 758. The summed E-state index contributed by atoms with van der Waals surface area (Å²) in [6.45, 7) is -0.250. The van der Waals surface area contributed by atoms with Crippen LogP contribution in [0, 0.1) is 0 Å². The van der Waals surface area contributed by atoms with E-state index in [0.717, 1.165) is 5.56 Å². The van der Waals surface area contributed by atoms with Gasteiger partial charge in [-0.3, -0.25) is 0 Å². The van der Waals surface area contributed by atoms with Gasteiger partial charge in [-0.1, -0.05) is 48.5 Å². The summed E-state index contributed by atoms with van der Waals surface area (Å²) in [5.74, 6) is 0. The Labute approximate surface area is 139 Å². The van der Waals surface area contributed by atoms with Gasteiger partial charge < -0.3 is 10.2 Å². The number of hydrogen-bond donors (Lipinski definition) is 2. The largest absolute Gasteiger partial charge is 0.394 e. The molecule has 122 valence electrons. The second kappa shape index (κ2) is 11.4. The van der Waals surface area contributed by atoms with E-state index in [0.29, 0.717) is 16.8 Å². The molecule has 0 saturated heterocycles. The summed E-state index contributed by atoms with van der Waals surface area (Å²) in [6.07, 6.45) is 4.41. The molecule has 0 aliphatic carbocycles. The lowest BCUT2D eigenvalue weighted by atomic mass is 9.97. The summed E-state index contributed by atoms with van der Waals surface area (Å²) in [4.78, 5) is 28.1. The van der Waals surface area contributed by atoms with E-state index in [-0.39, 0.29) is 13.2 Å². The minimum Gasteiger partial charge on any atom is -0.394 e. The van der Waals surface area contributed by atoms with Gasteiger partial charge in [-0.2, -0.15) is 9.98 Å². The van der Waals surface area contributed by atoms with Crippen LogP contribution in [-0.2, 0) is 9.59 Å². The maximum Gasteiger partial charge on any atom is 0.240 e. The van der Waals surface area contributed by atoms with Crippen molar-refractivity contribution in [2.24, 2.45) is 9.98 Å². The first-order chi connectivity index (χ1) is 11.8. The lowest BCUT2D eigenvalue weighted by Crippen LogP contribution is -1.88. The van der Waals surface area contributed by atoms with Gasteiger partial charge in [0.05, 0.1) is 18.9 Å². The van der Waals surface area contributed by atoms with Crippen LogP contribution in [0.5, 0.6) is 0 Å². The number of aliphatic hydroxyl groups is 2. The Kier molecular flexibility index (Phi) is 9.01. The fourth-order valence-corrected chi connectivity index (χ4v) is 1.86. The molecular formula is C18H16N2O4. The van der Waals surface area contributed by atoms with E-state index in [1.807, 2.05) is 36.4 Å². The van der Waals surface area contributed by atoms with Gasteiger partial charge in [-0.05, 0) is 11.6 Å². The average molecular weight is 324 g/mol. The van der Waals surface area contributed by atoms with Crippen LogP contribution in [0.3, 0.4) is 0 Å². The first-order valence-electron chi connectivity index (χ1n) is 7.00. The smallest absolute Gasteiger partial charge is 0.240 e. The SMILES string of the molecule is O=C=NC=C(c1ccccc1)c1ccccc1N=C=O.OCCO. The molecule has 0 radical (unpaired) electrons. The molecule has 0 spiro atoms. The zero-order valence-electron chi connectivity index (χ0n) is 12.8. The number of benzene rings is 2. The van der Waals surface area contributed by atoms with Crippen LogP contribution in [0.4, 0.5) is 5.69 Å². The van der Waals surface area contributed by atoms with Crippen LogP contribution in [0.1, 0.15) is 11.1 Å². The van der Waals surface area contributed by atoms with E-state index in [1.165, 1.54) is 18.4 Å². The van der Waals surface area contributed by atoms with Crippen LogP contribution in [-0.4, -0.2) is 35.6 Å². The third-order valence-corrected chi connectivity index (χ3v) is 2.79. The molecular weight excluding hydrogens is 308 g/mol. The summed E-state index contributed by atoms with van der Waals surface area (Å²) in [5.41, 5.74) is 2.71. The maximum absolute atomic E-state index is 10.5. The molecule has 2 aromatic rings. The second-order valence-electron chi connectivity index (χ2n) is 4.30. The number of rotatable bonds is 5. The highest BCUT2D eigenvalue weighted by atomic mass is 16.3. The zero-order valence-corrected chi connectivity index (χ0v) is 12.8. The molecule has 24 heavy (non-hydrogen) atoms.